The van der Waals surface area contributed by atoms with Gasteiger partial charge in [-0.25, -0.2) is 8.42 Å². The molecule has 1 aliphatic rings. The first-order valence-corrected chi connectivity index (χ1v) is 10.6. The quantitative estimate of drug-likeness (QED) is 0.531. The molecule has 0 saturated heterocycles. The zero-order valence-electron chi connectivity index (χ0n) is 20.0. The number of methoxy groups -OCH3 is 3. The fourth-order valence-corrected chi connectivity index (χ4v) is 4.71. The number of anilines is 1. The number of sulfonamides is 1. The van der Waals surface area contributed by atoms with Gasteiger partial charge in [0.25, 0.3) is 15.9 Å². The summed E-state index contributed by atoms with van der Waals surface area (Å²) >= 11 is 0. The summed E-state index contributed by atoms with van der Waals surface area (Å²) in [5, 5.41) is 0. The second-order valence-corrected chi connectivity index (χ2v) is 8.56. The van der Waals surface area contributed by atoms with Crippen LogP contribution in [0, 0.1) is 0 Å². The minimum atomic E-state index is -5.06. The summed E-state index contributed by atoms with van der Waals surface area (Å²) in [6.07, 6.45) is -6.42. The molecule has 2 N–H and O–H groups in total. The minimum absolute atomic E-state index is 0.0138. The van der Waals surface area contributed by atoms with Crippen molar-refractivity contribution >= 4 is 15.8 Å². The number of pyridine rings is 1. The number of fused-ring (bicyclic) bond motifs is 1. The Hall–Kier alpha value is -2.81. The molecular formula is C18H20F5N3O6S. The topological polar surface area (TPSA) is 112 Å². The van der Waals surface area contributed by atoms with Gasteiger partial charge in [-0.2, -0.15) is 26.9 Å². The van der Waals surface area contributed by atoms with Crippen LogP contribution in [-0.2, 0) is 27.6 Å². The van der Waals surface area contributed by atoms with Gasteiger partial charge in [-0.15, -0.1) is 0 Å². The molecule has 3 rings (SSSR count). The number of rotatable bonds is 8. The third-order valence-electron chi connectivity index (χ3n) is 5.06. The fourth-order valence-electron chi connectivity index (χ4n) is 3.43. The Balaban J connectivity index is 1.97. The van der Waals surface area contributed by atoms with Gasteiger partial charge in [0.2, 0.25) is 0 Å². The summed E-state index contributed by atoms with van der Waals surface area (Å²) in [5.41, 5.74) is -3.25. The lowest BCUT2D eigenvalue weighted by Gasteiger charge is -2.37. The molecule has 0 radical (unpaired) electrons. The highest BCUT2D eigenvalue weighted by molar-refractivity contribution is 7.92. The number of nitrogens with one attached hydrogen (secondary N) is 2. The zero-order valence-corrected chi connectivity index (χ0v) is 17.9. The Labute approximate surface area is 189 Å². The number of aromatic nitrogens is 2. The van der Waals surface area contributed by atoms with Gasteiger partial charge in [-0.1, -0.05) is 0 Å². The lowest BCUT2D eigenvalue weighted by molar-refractivity contribution is -0.273. The first-order valence-electron chi connectivity index (χ1n) is 10.6. The van der Waals surface area contributed by atoms with Crippen LogP contribution >= 0.6 is 0 Å². The van der Waals surface area contributed by atoms with E-state index in [-0.39, 0.29) is 17.0 Å². The molecule has 33 heavy (non-hydrogen) atoms. The summed E-state index contributed by atoms with van der Waals surface area (Å²) in [6.45, 7) is -3.24. The second kappa shape index (κ2) is 8.85. The molecule has 1 aliphatic carbocycles. The van der Waals surface area contributed by atoms with E-state index in [9.17, 15) is 30.4 Å². The largest absolute Gasteiger partial charge is 0.493 e. The summed E-state index contributed by atoms with van der Waals surface area (Å²) in [6, 6.07) is 0.909. The molecule has 0 spiro atoms. The molecule has 2 aromatic heterocycles. The van der Waals surface area contributed by atoms with Crippen molar-refractivity contribution in [1.82, 2.24) is 9.97 Å². The van der Waals surface area contributed by atoms with Gasteiger partial charge in [0, 0.05) is 31.4 Å². The molecule has 0 fully saturated rings. The smallest absolute Gasteiger partial charge is 0.417 e. The van der Waals surface area contributed by atoms with E-state index >= 15 is 0 Å². The molecule has 184 valence electrons. The minimum Gasteiger partial charge on any atom is -0.493 e. The van der Waals surface area contributed by atoms with Gasteiger partial charge in [0.05, 0.1) is 18.3 Å². The Bertz CT molecular complexity index is 1220. The highest BCUT2D eigenvalue weighted by Gasteiger charge is 2.57. The summed E-state index contributed by atoms with van der Waals surface area (Å²) < 4.78 is 135. The third kappa shape index (κ3) is 4.64. The van der Waals surface area contributed by atoms with Crippen molar-refractivity contribution in [3.8, 4) is 17.4 Å². The van der Waals surface area contributed by atoms with E-state index in [1.807, 2.05) is 0 Å². The Morgan fingerprint density at radius 3 is 2.58 bits per heavy atom. The summed E-state index contributed by atoms with van der Waals surface area (Å²) in [7, 11) is -5.69. The number of ether oxygens (including phenoxy) is 4. The van der Waals surface area contributed by atoms with Crippen molar-refractivity contribution in [1.29, 1.82) is 0 Å². The number of hydrogen-bond donors (Lipinski definition) is 2. The van der Waals surface area contributed by atoms with Gasteiger partial charge in [0.1, 0.15) is 4.90 Å². The van der Waals surface area contributed by atoms with Crippen LogP contribution in [0.25, 0.3) is 0 Å². The molecule has 0 saturated carbocycles. The van der Waals surface area contributed by atoms with Gasteiger partial charge in [-0.3, -0.25) is 4.72 Å². The molecule has 0 unspecified atom stereocenters. The van der Waals surface area contributed by atoms with E-state index in [0.29, 0.717) is 0 Å². The van der Waals surface area contributed by atoms with Crippen LogP contribution in [-0.4, -0.2) is 58.0 Å². The number of hydrogen-bond acceptors (Lipinski definition) is 7. The van der Waals surface area contributed by atoms with E-state index in [4.69, 9.17) is 13.6 Å². The summed E-state index contributed by atoms with van der Waals surface area (Å²) in [4.78, 5) is 5.80. The number of nitrogens with zero attached hydrogens (tertiary/aromatic N) is 1. The normalized spacial score (nSPS) is 20.4. The average molecular weight is 504 g/mol. The van der Waals surface area contributed by atoms with Gasteiger partial charge in [0.15, 0.2) is 22.9 Å². The first-order chi connectivity index (χ1) is 16.5. The maximum atomic E-state index is 13.8. The van der Waals surface area contributed by atoms with Crippen molar-refractivity contribution in [3.05, 3.63) is 23.5 Å². The Kier molecular flexibility index (Phi) is 5.57. The van der Waals surface area contributed by atoms with Crippen LogP contribution in [0.4, 0.5) is 27.8 Å². The number of halogens is 5. The number of H-pyrrole nitrogens is 1. The maximum Gasteiger partial charge on any atom is 0.417 e. The van der Waals surface area contributed by atoms with Crippen molar-refractivity contribution in [2.24, 2.45) is 0 Å². The van der Waals surface area contributed by atoms with Gasteiger partial charge in [-0.05, 0) is 18.4 Å². The van der Waals surface area contributed by atoms with Gasteiger partial charge >= 0.3 is 12.8 Å². The monoisotopic (exact) mass is 504 g/mol. The molecule has 15 heteroatoms. The van der Waals surface area contributed by atoms with Crippen LogP contribution in [0.5, 0.6) is 17.4 Å². The molecular weight excluding hydrogens is 481 g/mol. The van der Waals surface area contributed by atoms with Crippen LogP contribution in [0.2, 0.25) is 0 Å². The van der Waals surface area contributed by atoms with E-state index < -0.39 is 77.1 Å². The van der Waals surface area contributed by atoms with Crippen LogP contribution < -0.4 is 18.9 Å². The first kappa shape index (κ1) is 20.8. The highest BCUT2D eigenvalue weighted by atomic mass is 32.2. The lowest BCUT2D eigenvalue weighted by Crippen LogP contribution is -2.51. The third-order valence-corrected chi connectivity index (χ3v) is 6.47. The summed E-state index contributed by atoms with van der Waals surface area (Å²) in [5.74, 6) is -1.83. The Morgan fingerprint density at radius 1 is 1.27 bits per heavy atom. The number of alkyl halides is 5. The van der Waals surface area contributed by atoms with E-state index in [1.54, 1.807) is 0 Å². The molecule has 2 heterocycles. The SMILES string of the molecule is [2H]C([2H])([2H])O[C@]1(C(F)(F)F)CCc2c(S(=O)(=O)Nc3nc(OC)c(OC(F)F)cc3OC)c[nH]c2C1. The average Bonchev–Trinajstić information content (AvgIpc) is 3.15. The van der Waals surface area contributed by atoms with E-state index in [1.165, 1.54) is 0 Å². The molecule has 0 amide bonds. The Morgan fingerprint density at radius 2 is 2.00 bits per heavy atom. The van der Waals surface area contributed by atoms with Crippen molar-refractivity contribution in [3.63, 3.8) is 0 Å². The standard InChI is InChI=1S/C18H20F5N3O6S/c1-29-11-6-12(32-16(19)20)15(30-2)25-14(11)26-33(27,28)13-8-24-10-7-17(31-3,18(21,22)23)5-4-9(10)13/h6,8,16,24H,4-5,7H2,1-3H3,(H,25,26)/t17-/m1/s1/i3D3. The van der Waals surface area contributed by atoms with Crippen molar-refractivity contribution < 1.29 is 53.4 Å². The molecule has 1 atom stereocenters. The van der Waals surface area contributed by atoms with Crippen LogP contribution in [0.1, 0.15) is 21.8 Å². The zero-order chi connectivity index (χ0) is 27.1. The fraction of sp³-hybridized carbons (Fsp3) is 0.500. The molecule has 0 aliphatic heterocycles. The molecule has 9 nitrogen and oxygen atoms in total. The highest BCUT2D eigenvalue weighted by Crippen LogP contribution is 2.44. The van der Waals surface area contributed by atoms with E-state index in [2.05, 4.69) is 24.2 Å². The van der Waals surface area contributed by atoms with Crippen molar-refractivity contribution in [2.45, 2.75) is 42.5 Å². The predicted molar refractivity (Wildman–Crippen MR) is 103 cm³/mol. The van der Waals surface area contributed by atoms with Crippen LogP contribution in [0.3, 0.4) is 0 Å². The van der Waals surface area contributed by atoms with Crippen LogP contribution in [0.15, 0.2) is 17.2 Å². The van der Waals surface area contributed by atoms with Gasteiger partial charge < -0.3 is 23.9 Å². The molecule has 0 aromatic carbocycles. The maximum absolute atomic E-state index is 13.8. The molecule has 2 aromatic rings. The predicted octanol–water partition coefficient (Wildman–Crippen LogP) is 3.27. The lowest BCUT2D eigenvalue weighted by atomic mass is 9.83. The van der Waals surface area contributed by atoms with Crippen molar-refractivity contribution in [2.75, 3.05) is 26.0 Å². The molecule has 0 bridgehead atoms. The van der Waals surface area contributed by atoms with E-state index in [0.717, 1.165) is 26.5 Å². The second-order valence-electron chi connectivity index (χ2n) is 6.91. The number of aromatic amines is 1.